The molecule has 0 fully saturated rings. The lowest BCUT2D eigenvalue weighted by atomic mass is 10.0. The van der Waals surface area contributed by atoms with Gasteiger partial charge in [-0.25, -0.2) is 47.8 Å². The van der Waals surface area contributed by atoms with Crippen molar-refractivity contribution in [3.63, 3.8) is 0 Å². The van der Waals surface area contributed by atoms with Crippen LogP contribution in [0.1, 0.15) is 71.6 Å². The quantitative estimate of drug-likeness (QED) is 0.0896. The highest BCUT2D eigenvalue weighted by molar-refractivity contribution is 6.33. The Balaban J connectivity index is 0.000000154. The molecular weight excluding hydrogens is 998 g/mol. The second kappa shape index (κ2) is 25.0. The predicted molar refractivity (Wildman–Crippen MR) is 278 cm³/mol. The van der Waals surface area contributed by atoms with Gasteiger partial charge in [0, 0.05) is 75.4 Å². The van der Waals surface area contributed by atoms with E-state index in [-0.39, 0.29) is 17.5 Å². The van der Waals surface area contributed by atoms with Gasteiger partial charge in [-0.05, 0) is 118 Å². The molecule has 374 valence electrons. The Morgan fingerprint density at radius 2 is 0.945 bits per heavy atom. The molecule has 0 amide bonds. The molecule has 10 aromatic rings. The summed E-state index contributed by atoms with van der Waals surface area (Å²) in [6, 6.07) is 26.2. The molecule has 0 radical (unpaired) electrons. The number of aryl methyl sites for hydroxylation is 2. The SMILES string of the molecule is CCc1c(-c2ccc(F)cc2)n[nH]c1Cc1cc(-n2nc(C)cc2C)ncn1.CCc1c(-c2ccc(F)cc2)n[nH]c1Cc1cc(Cl)ncn1.CCc1c(N)n[nH]c1-c1ccc(F)cc1.Clc1cc(Cl)ncn1. The fraction of sp³-hybridized carbons (Fsp3) is 0.192. The maximum Gasteiger partial charge on any atom is 0.157 e. The van der Waals surface area contributed by atoms with Crippen LogP contribution in [0.3, 0.4) is 0 Å². The van der Waals surface area contributed by atoms with E-state index >= 15 is 0 Å². The van der Waals surface area contributed by atoms with Crippen molar-refractivity contribution in [2.75, 3.05) is 5.73 Å². The highest BCUT2D eigenvalue weighted by atomic mass is 35.5. The topological polar surface area (TPSA) is 207 Å². The first-order valence-corrected chi connectivity index (χ1v) is 24.0. The van der Waals surface area contributed by atoms with Crippen molar-refractivity contribution in [2.24, 2.45) is 0 Å². The summed E-state index contributed by atoms with van der Waals surface area (Å²) < 4.78 is 40.9. The summed E-state index contributed by atoms with van der Waals surface area (Å²) in [5.41, 5.74) is 19.8. The fourth-order valence-corrected chi connectivity index (χ4v) is 8.26. The van der Waals surface area contributed by atoms with Crippen LogP contribution < -0.4 is 5.73 Å². The molecule has 0 unspecified atom stereocenters. The Morgan fingerprint density at radius 1 is 0.507 bits per heavy atom. The number of nitrogens with one attached hydrogen (secondary N) is 3. The summed E-state index contributed by atoms with van der Waals surface area (Å²) >= 11 is 16.7. The van der Waals surface area contributed by atoms with Crippen molar-refractivity contribution in [3.8, 4) is 39.6 Å². The van der Waals surface area contributed by atoms with Crippen LogP contribution in [0.25, 0.3) is 39.6 Å². The molecule has 0 saturated carbocycles. The average molecular weight is 1050 g/mol. The molecule has 15 nitrogen and oxygen atoms in total. The predicted octanol–water partition coefficient (Wildman–Crippen LogP) is 11.9. The molecule has 5 N–H and O–H groups in total. The van der Waals surface area contributed by atoms with E-state index in [0.717, 1.165) is 110 Å². The highest BCUT2D eigenvalue weighted by Crippen LogP contribution is 2.29. The van der Waals surface area contributed by atoms with Crippen molar-refractivity contribution < 1.29 is 13.2 Å². The number of halogens is 6. The molecule has 0 aliphatic heterocycles. The minimum atomic E-state index is -0.256. The smallest absolute Gasteiger partial charge is 0.157 e. The lowest BCUT2D eigenvalue weighted by Crippen LogP contribution is -2.05. The molecule has 3 aromatic carbocycles. The Labute approximate surface area is 433 Å². The lowest BCUT2D eigenvalue weighted by molar-refractivity contribution is 0.627. The summed E-state index contributed by atoms with van der Waals surface area (Å²) in [6.07, 6.45) is 7.95. The lowest BCUT2D eigenvalue weighted by Gasteiger charge is -2.06. The molecule has 0 spiro atoms. The van der Waals surface area contributed by atoms with E-state index in [1.165, 1.54) is 55.1 Å². The van der Waals surface area contributed by atoms with Gasteiger partial charge in [0.1, 0.15) is 57.7 Å². The molecule has 0 aliphatic rings. The normalized spacial score (nSPS) is 10.7. The van der Waals surface area contributed by atoms with Gasteiger partial charge in [0.25, 0.3) is 0 Å². The van der Waals surface area contributed by atoms with E-state index < -0.39 is 0 Å². The first-order valence-electron chi connectivity index (χ1n) is 22.9. The molecule has 0 bridgehead atoms. The van der Waals surface area contributed by atoms with Crippen molar-refractivity contribution in [1.82, 2.24) is 70.3 Å². The average Bonchev–Trinajstić information content (AvgIpc) is 4.17. The zero-order valence-corrected chi connectivity index (χ0v) is 42.5. The number of aromatic amines is 3. The van der Waals surface area contributed by atoms with E-state index in [2.05, 4.69) is 79.4 Å². The van der Waals surface area contributed by atoms with Gasteiger partial charge in [0.15, 0.2) is 5.82 Å². The van der Waals surface area contributed by atoms with Gasteiger partial charge >= 0.3 is 0 Å². The monoisotopic (exact) mass is 1050 g/mol. The highest BCUT2D eigenvalue weighted by Gasteiger charge is 2.17. The first-order chi connectivity index (χ1) is 35.2. The number of aromatic nitrogens is 14. The maximum absolute atomic E-state index is 13.2. The number of benzene rings is 3. The fourth-order valence-electron chi connectivity index (χ4n) is 7.74. The van der Waals surface area contributed by atoms with Gasteiger partial charge in [-0.2, -0.15) is 20.4 Å². The molecule has 0 atom stereocenters. The Hall–Kier alpha value is -7.80. The minimum Gasteiger partial charge on any atom is -0.382 e. The summed E-state index contributed by atoms with van der Waals surface area (Å²) in [7, 11) is 0. The second-order valence-electron chi connectivity index (χ2n) is 16.2. The van der Waals surface area contributed by atoms with Crippen molar-refractivity contribution in [1.29, 1.82) is 0 Å². The van der Waals surface area contributed by atoms with Crippen LogP contribution in [-0.2, 0) is 32.1 Å². The number of rotatable bonds is 11. The molecule has 0 aliphatic carbocycles. The summed E-state index contributed by atoms with van der Waals surface area (Å²) in [5, 5.41) is 27.5. The van der Waals surface area contributed by atoms with Crippen LogP contribution in [0.2, 0.25) is 15.5 Å². The third-order valence-electron chi connectivity index (χ3n) is 11.2. The van der Waals surface area contributed by atoms with Gasteiger partial charge in [-0.1, -0.05) is 55.6 Å². The number of nitrogen functional groups attached to an aromatic ring is 1. The molecule has 21 heteroatoms. The Morgan fingerprint density at radius 3 is 1.37 bits per heavy atom. The number of H-pyrrole nitrogens is 3. The van der Waals surface area contributed by atoms with Gasteiger partial charge in [0.05, 0.1) is 34.2 Å². The van der Waals surface area contributed by atoms with Gasteiger partial charge in [-0.15, -0.1) is 0 Å². The van der Waals surface area contributed by atoms with Crippen LogP contribution in [-0.4, -0.2) is 70.3 Å². The Kier molecular flexibility index (Phi) is 18.2. The number of hydrogen-bond acceptors (Lipinski definition) is 11. The summed E-state index contributed by atoms with van der Waals surface area (Å²) in [5.74, 6) is 0.497. The maximum atomic E-state index is 13.2. The van der Waals surface area contributed by atoms with E-state index in [9.17, 15) is 13.2 Å². The van der Waals surface area contributed by atoms with Crippen molar-refractivity contribution in [3.05, 3.63) is 200 Å². The van der Waals surface area contributed by atoms with E-state index in [0.29, 0.717) is 34.1 Å². The number of anilines is 1. The third kappa shape index (κ3) is 14.0. The molecule has 73 heavy (non-hydrogen) atoms. The van der Waals surface area contributed by atoms with Crippen LogP contribution in [0.15, 0.2) is 116 Å². The molecule has 7 aromatic heterocycles. The molecule has 0 saturated heterocycles. The third-order valence-corrected chi connectivity index (χ3v) is 11.8. The zero-order valence-electron chi connectivity index (χ0n) is 40.3. The van der Waals surface area contributed by atoms with Gasteiger partial charge in [-0.3, -0.25) is 15.3 Å². The van der Waals surface area contributed by atoms with Crippen LogP contribution in [0, 0.1) is 31.3 Å². The number of nitrogens with two attached hydrogens (primary N) is 1. The molecular formula is C52H49Cl3F3N15. The number of hydrogen-bond donors (Lipinski definition) is 4. The van der Waals surface area contributed by atoms with Crippen LogP contribution >= 0.6 is 34.8 Å². The first kappa shape index (κ1) is 53.0. The van der Waals surface area contributed by atoms with Crippen LogP contribution in [0.4, 0.5) is 19.0 Å². The van der Waals surface area contributed by atoms with Crippen LogP contribution in [0.5, 0.6) is 0 Å². The van der Waals surface area contributed by atoms with E-state index in [1.54, 1.807) is 48.8 Å². The molecule has 10 rings (SSSR count). The molecule has 7 heterocycles. The van der Waals surface area contributed by atoms with Gasteiger partial charge < -0.3 is 5.73 Å². The summed E-state index contributed by atoms with van der Waals surface area (Å²) in [6.45, 7) is 10.1. The van der Waals surface area contributed by atoms with E-state index in [1.807, 2.05) is 37.6 Å². The van der Waals surface area contributed by atoms with Gasteiger partial charge in [0.2, 0.25) is 0 Å². The largest absolute Gasteiger partial charge is 0.382 e. The van der Waals surface area contributed by atoms with Crippen molar-refractivity contribution in [2.45, 2.75) is 66.7 Å². The Bertz CT molecular complexity index is 3360. The standard InChI is InChI=1S/C21H21FN6.C16H14ClFN4.C11H12FN3.C4H2Cl2N2/c1-4-18-19(25-26-21(18)15-5-7-16(22)8-6-15)10-17-11-20(24-12-23-17)28-14(3)9-13(2)27-28;1-2-13-14(7-12-8-15(17)20-9-19-12)21-22-16(13)10-3-5-11(18)6-4-10;1-2-9-10(14-15-11(9)13)7-3-5-8(12)6-4-7;5-3-1-4(6)8-2-7-3/h5-9,11-12H,4,10H2,1-3H3,(H,25,26);3-6,8-9H,2,7H2,1H3,(H,21,22);3-6H,2H2,1H3,(H3,13,14,15);1-2H. The number of nitrogens with zero attached hydrogens (tertiary/aromatic N) is 11. The minimum absolute atomic E-state index is 0.246. The van der Waals surface area contributed by atoms with E-state index in [4.69, 9.17) is 40.5 Å². The second-order valence-corrected chi connectivity index (χ2v) is 17.3. The van der Waals surface area contributed by atoms with Crippen molar-refractivity contribution >= 4 is 40.6 Å². The zero-order chi connectivity index (χ0) is 52.0. The summed E-state index contributed by atoms with van der Waals surface area (Å²) in [4.78, 5) is 24.1.